The molecule has 0 aliphatic carbocycles. The van der Waals surface area contributed by atoms with Crippen LogP contribution in [0.25, 0.3) is 0 Å². The van der Waals surface area contributed by atoms with Gasteiger partial charge in [0.2, 0.25) is 5.91 Å². The lowest BCUT2D eigenvalue weighted by Gasteiger charge is -2.25. The normalized spacial score (nSPS) is 14.9. The van der Waals surface area contributed by atoms with Gasteiger partial charge in [0.15, 0.2) is 10.9 Å². The van der Waals surface area contributed by atoms with Crippen LogP contribution in [0.15, 0.2) is 23.6 Å². The van der Waals surface area contributed by atoms with Crippen LogP contribution < -0.4 is 5.32 Å². The number of thiazole rings is 1. The molecule has 1 aromatic carbocycles. The number of rotatable bonds is 7. The molecule has 0 bridgehead atoms. The molecule has 1 aromatic heterocycles. The smallest absolute Gasteiger partial charge is 0.226 e. The number of carbonyl (C=O) groups is 2. The zero-order chi connectivity index (χ0) is 19.2. The highest BCUT2D eigenvalue weighted by Crippen LogP contribution is 2.19. The van der Waals surface area contributed by atoms with Crippen LogP contribution in [-0.2, 0) is 11.3 Å². The Morgan fingerprint density at radius 2 is 1.89 bits per heavy atom. The van der Waals surface area contributed by atoms with E-state index in [9.17, 15) is 9.59 Å². The van der Waals surface area contributed by atoms with E-state index >= 15 is 0 Å². The first kappa shape index (κ1) is 19.7. The van der Waals surface area contributed by atoms with Crippen molar-refractivity contribution in [1.82, 2.24) is 9.88 Å². The van der Waals surface area contributed by atoms with Gasteiger partial charge < -0.3 is 5.32 Å². The molecule has 0 spiro atoms. The van der Waals surface area contributed by atoms with Crippen molar-refractivity contribution in [2.75, 3.05) is 18.4 Å². The molecule has 1 N–H and O–H groups in total. The van der Waals surface area contributed by atoms with Crippen LogP contribution >= 0.6 is 11.3 Å². The second kappa shape index (κ2) is 9.24. The Kier molecular flexibility index (Phi) is 6.74. The molecule has 2 heterocycles. The third-order valence-electron chi connectivity index (χ3n) is 5.04. The molecule has 5 nitrogen and oxygen atoms in total. The molecule has 6 heteroatoms. The molecule has 0 saturated carbocycles. The maximum atomic E-state index is 12.3. The molecule has 2 aromatic rings. The molecule has 1 aliphatic rings. The number of nitrogens with zero attached hydrogens (tertiary/aromatic N) is 2. The quantitative estimate of drug-likeness (QED) is 0.720. The highest BCUT2D eigenvalue weighted by atomic mass is 32.1. The standard InChI is InChI=1S/C21H27N3O2S/c1-15-6-7-17(12-16(15)2)19(25)8-9-20(26)23-21-22-18(14-27-21)13-24-10-4-3-5-11-24/h6-7,12,14H,3-5,8-11,13H2,1-2H3,(H,22,23,26). The van der Waals surface area contributed by atoms with E-state index in [-0.39, 0.29) is 24.5 Å². The Hall–Kier alpha value is -2.05. The van der Waals surface area contributed by atoms with Gasteiger partial charge in [-0.3, -0.25) is 14.5 Å². The van der Waals surface area contributed by atoms with Crippen LogP contribution in [0.1, 0.15) is 59.3 Å². The highest BCUT2D eigenvalue weighted by molar-refractivity contribution is 7.13. The second-order valence-electron chi connectivity index (χ2n) is 7.25. The first-order valence-corrected chi connectivity index (χ1v) is 10.5. The number of carbonyl (C=O) groups excluding carboxylic acids is 2. The molecule has 3 rings (SSSR count). The van der Waals surface area contributed by atoms with Crippen LogP contribution in [0.2, 0.25) is 0 Å². The zero-order valence-corrected chi connectivity index (χ0v) is 16.9. The minimum Gasteiger partial charge on any atom is -0.302 e. The molecule has 27 heavy (non-hydrogen) atoms. The maximum absolute atomic E-state index is 12.3. The Labute approximate surface area is 164 Å². The van der Waals surface area contributed by atoms with Crippen LogP contribution in [-0.4, -0.2) is 34.7 Å². The summed E-state index contributed by atoms with van der Waals surface area (Å²) >= 11 is 1.45. The molecular weight excluding hydrogens is 358 g/mol. The maximum Gasteiger partial charge on any atom is 0.226 e. The average molecular weight is 386 g/mol. The molecule has 0 atom stereocenters. The Morgan fingerprint density at radius 1 is 1.11 bits per heavy atom. The van der Waals surface area contributed by atoms with E-state index in [1.807, 2.05) is 37.4 Å². The zero-order valence-electron chi connectivity index (χ0n) is 16.1. The minimum absolute atomic E-state index is 0.00169. The lowest BCUT2D eigenvalue weighted by Crippen LogP contribution is -2.29. The van der Waals surface area contributed by atoms with E-state index in [2.05, 4.69) is 15.2 Å². The molecule has 0 radical (unpaired) electrons. The number of Topliss-reactive ketones (excluding diaryl/α,β-unsaturated/α-hetero) is 1. The summed E-state index contributed by atoms with van der Waals surface area (Å²) < 4.78 is 0. The van der Waals surface area contributed by atoms with Crippen molar-refractivity contribution in [3.63, 3.8) is 0 Å². The third kappa shape index (κ3) is 5.71. The van der Waals surface area contributed by atoms with Gasteiger partial charge in [-0.2, -0.15) is 0 Å². The number of hydrogen-bond acceptors (Lipinski definition) is 5. The number of likely N-dealkylation sites (tertiary alicyclic amines) is 1. The first-order chi connectivity index (χ1) is 13.0. The Balaban J connectivity index is 1.46. The molecule has 1 fully saturated rings. The minimum atomic E-state index is -0.161. The van der Waals surface area contributed by atoms with Crippen molar-refractivity contribution in [1.29, 1.82) is 0 Å². The van der Waals surface area contributed by atoms with Gasteiger partial charge in [0, 0.05) is 30.3 Å². The van der Waals surface area contributed by atoms with Crippen molar-refractivity contribution < 1.29 is 9.59 Å². The van der Waals surface area contributed by atoms with Crippen molar-refractivity contribution in [3.05, 3.63) is 46.0 Å². The third-order valence-corrected chi connectivity index (χ3v) is 5.85. The SMILES string of the molecule is Cc1ccc(C(=O)CCC(=O)Nc2nc(CN3CCCCC3)cs2)cc1C. The van der Waals surface area contributed by atoms with Gasteiger partial charge in [-0.05, 0) is 57.0 Å². The number of ketones is 1. The number of amides is 1. The van der Waals surface area contributed by atoms with Crippen molar-refractivity contribution in [2.24, 2.45) is 0 Å². The highest BCUT2D eigenvalue weighted by Gasteiger charge is 2.14. The van der Waals surface area contributed by atoms with Gasteiger partial charge in [0.05, 0.1) is 5.69 Å². The van der Waals surface area contributed by atoms with E-state index in [1.54, 1.807) is 0 Å². The average Bonchev–Trinajstić information content (AvgIpc) is 3.09. The Morgan fingerprint density at radius 3 is 2.63 bits per heavy atom. The first-order valence-electron chi connectivity index (χ1n) is 9.58. The number of anilines is 1. The van der Waals surface area contributed by atoms with Crippen LogP contribution in [0.5, 0.6) is 0 Å². The second-order valence-corrected chi connectivity index (χ2v) is 8.11. The van der Waals surface area contributed by atoms with Crippen molar-refractivity contribution in [3.8, 4) is 0 Å². The summed E-state index contributed by atoms with van der Waals surface area (Å²) in [4.78, 5) is 31.4. The van der Waals surface area contributed by atoms with Gasteiger partial charge in [-0.1, -0.05) is 18.6 Å². The number of piperidine rings is 1. The number of aromatic nitrogens is 1. The summed E-state index contributed by atoms with van der Waals surface area (Å²) in [5, 5.41) is 5.45. The lowest BCUT2D eigenvalue weighted by atomic mass is 10.0. The molecule has 1 amide bonds. The number of hydrogen-bond donors (Lipinski definition) is 1. The van der Waals surface area contributed by atoms with Gasteiger partial charge in [-0.15, -0.1) is 11.3 Å². The van der Waals surface area contributed by atoms with Crippen molar-refractivity contribution >= 4 is 28.2 Å². The van der Waals surface area contributed by atoms with Gasteiger partial charge >= 0.3 is 0 Å². The predicted octanol–water partition coefficient (Wildman–Crippen LogP) is 4.35. The fraction of sp³-hybridized carbons (Fsp3) is 0.476. The topological polar surface area (TPSA) is 62.3 Å². The fourth-order valence-corrected chi connectivity index (χ4v) is 3.97. The van der Waals surface area contributed by atoms with Crippen LogP contribution in [0.4, 0.5) is 5.13 Å². The molecular formula is C21H27N3O2S. The largest absolute Gasteiger partial charge is 0.302 e. The number of nitrogens with one attached hydrogen (secondary N) is 1. The Bertz CT molecular complexity index is 810. The van der Waals surface area contributed by atoms with E-state index < -0.39 is 0 Å². The summed E-state index contributed by atoms with van der Waals surface area (Å²) in [7, 11) is 0. The molecule has 0 unspecified atom stereocenters. The van der Waals surface area contributed by atoms with E-state index in [0.29, 0.717) is 10.7 Å². The summed E-state index contributed by atoms with van der Waals surface area (Å²) in [6.45, 7) is 7.10. The molecule has 1 saturated heterocycles. The van der Waals surface area contributed by atoms with E-state index in [1.165, 1.54) is 30.6 Å². The van der Waals surface area contributed by atoms with Gasteiger partial charge in [0.25, 0.3) is 0 Å². The molecule has 1 aliphatic heterocycles. The van der Waals surface area contributed by atoms with E-state index in [4.69, 9.17) is 0 Å². The monoisotopic (exact) mass is 385 g/mol. The number of benzene rings is 1. The summed E-state index contributed by atoms with van der Waals surface area (Å²) in [5.74, 6) is -0.163. The van der Waals surface area contributed by atoms with E-state index in [0.717, 1.165) is 36.5 Å². The summed E-state index contributed by atoms with van der Waals surface area (Å²) in [6.07, 6.45) is 4.20. The lowest BCUT2D eigenvalue weighted by molar-refractivity contribution is -0.116. The van der Waals surface area contributed by atoms with Crippen LogP contribution in [0.3, 0.4) is 0 Å². The predicted molar refractivity (Wildman–Crippen MR) is 109 cm³/mol. The summed E-state index contributed by atoms with van der Waals surface area (Å²) in [6, 6.07) is 5.67. The molecule has 144 valence electrons. The van der Waals surface area contributed by atoms with Gasteiger partial charge in [0.1, 0.15) is 0 Å². The van der Waals surface area contributed by atoms with Gasteiger partial charge in [-0.25, -0.2) is 4.98 Å². The van der Waals surface area contributed by atoms with Crippen molar-refractivity contribution in [2.45, 2.75) is 52.5 Å². The summed E-state index contributed by atoms with van der Waals surface area (Å²) in [5.41, 5.74) is 3.93. The van der Waals surface area contributed by atoms with Crippen LogP contribution in [0, 0.1) is 13.8 Å². The fourth-order valence-electron chi connectivity index (χ4n) is 3.25. The number of aryl methyl sites for hydroxylation is 2.